The van der Waals surface area contributed by atoms with Gasteiger partial charge in [0, 0.05) is 16.2 Å². The highest BCUT2D eigenvalue weighted by molar-refractivity contribution is 5.85. The van der Waals surface area contributed by atoms with Crippen molar-refractivity contribution in [2.75, 3.05) is 0 Å². The minimum Gasteiger partial charge on any atom is -0.487 e. The number of fused-ring (bicyclic) bond motifs is 1. The average molecular weight is 1180 g/mol. The van der Waals surface area contributed by atoms with Crippen LogP contribution in [0, 0.1) is 27.7 Å². The molecule has 8 aromatic carbocycles. The first kappa shape index (κ1) is 64.0. The number of aryl methyl sites for hydroxylation is 4. The number of ether oxygens (including phenoxy) is 5. The maximum atomic E-state index is 7.54. The molecule has 0 amide bonds. The zero-order valence-electron chi connectivity index (χ0n) is 56.1. The molecular formula is C83H102O5. The largest absolute Gasteiger partial charge is 0.487 e. The van der Waals surface area contributed by atoms with E-state index >= 15 is 0 Å². The molecular weight excluding hydrogens is 1080 g/mol. The summed E-state index contributed by atoms with van der Waals surface area (Å²) in [6, 6.07) is 58.1. The van der Waals surface area contributed by atoms with Gasteiger partial charge in [-0.25, -0.2) is 0 Å². The molecule has 2 aliphatic rings. The molecule has 0 heterocycles. The smallest absolute Gasteiger partial charge is 0.130 e. The van der Waals surface area contributed by atoms with E-state index in [1.807, 2.05) is 24.3 Å². The monoisotopic (exact) mass is 1180 g/mol. The van der Waals surface area contributed by atoms with Crippen molar-refractivity contribution in [3.63, 3.8) is 0 Å². The summed E-state index contributed by atoms with van der Waals surface area (Å²) in [6.45, 7) is 31.8. The molecule has 8 aromatic rings. The molecule has 1 unspecified atom stereocenters. The van der Waals surface area contributed by atoms with E-state index in [-0.39, 0.29) is 27.3 Å². The lowest BCUT2D eigenvalue weighted by molar-refractivity contribution is -0.0182. The third kappa shape index (κ3) is 12.6. The van der Waals surface area contributed by atoms with E-state index in [1.54, 1.807) is 0 Å². The molecule has 464 valence electrons. The van der Waals surface area contributed by atoms with Gasteiger partial charge in [0.1, 0.15) is 57.2 Å². The first-order valence-corrected chi connectivity index (χ1v) is 34.0. The minimum atomic E-state index is -0.451. The van der Waals surface area contributed by atoms with Gasteiger partial charge in [-0.1, -0.05) is 186 Å². The Morgan fingerprint density at radius 3 is 1.12 bits per heavy atom. The molecule has 10 rings (SSSR count). The maximum absolute atomic E-state index is 7.54. The Bertz CT molecular complexity index is 3660. The standard InChI is InChI=1S/C83H102O5/c1-15-78(12,16-2)64-31-38-70(39-32-64)84-71-40-42-72(43-41-71)85-74-44-33-66(52-58(74)8)82(50-26-23-27-51-82)69-36-47-77(61(11)55-69)88-83(20-6,21-7)80(14,19-5)65-30-28-63-57-73(37-29-62(63)56-65)86-75-45-34-67(53-59(75)9)81(48-24-22-25-49-81)68-35-46-76(60(10)54-68)87-79(13,17-3)18-4/h28-47,52-57H,15-27,48-51H2,1-14H3. The summed E-state index contributed by atoms with van der Waals surface area (Å²) in [4.78, 5) is 0. The lowest BCUT2D eigenvalue weighted by atomic mass is 9.64. The van der Waals surface area contributed by atoms with Gasteiger partial charge in [0.25, 0.3) is 0 Å². The van der Waals surface area contributed by atoms with Crippen LogP contribution in [0.4, 0.5) is 0 Å². The predicted octanol–water partition coefficient (Wildman–Crippen LogP) is 24.3. The molecule has 0 bridgehead atoms. The molecule has 0 N–H and O–H groups in total. The van der Waals surface area contributed by atoms with E-state index in [1.165, 1.54) is 88.4 Å². The summed E-state index contributed by atoms with van der Waals surface area (Å²) in [6.07, 6.45) is 18.8. The Morgan fingerprint density at radius 2 is 0.705 bits per heavy atom. The highest BCUT2D eigenvalue weighted by atomic mass is 16.5. The van der Waals surface area contributed by atoms with Crippen LogP contribution in [-0.2, 0) is 21.7 Å². The van der Waals surface area contributed by atoms with Crippen molar-refractivity contribution in [3.8, 4) is 46.0 Å². The molecule has 5 nitrogen and oxygen atoms in total. The van der Waals surface area contributed by atoms with Crippen molar-refractivity contribution in [2.45, 2.75) is 239 Å². The number of benzene rings is 8. The number of rotatable bonds is 24. The van der Waals surface area contributed by atoms with Gasteiger partial charge in [0.2, 0.25) is 0 Å². The van der Waals surface area contributed by atoms with Gasteiger partial charge in [-0.05, 0) is 250 Å². The Morgan fingerprint density at radius 1 is 0.330 bits per heavy atom. The molecule has 88 heavy (non-hydrogen) atoms. The van der Waals surface area contributed by atoms with Gasteiger partial charge < -0.3 is 23.7 Å². The lowest BCUT2D eigenvalue weighted by Crippen LogP contribution is -2.53. The fourth-order valence-corrected chi connectivity index (χ4v) is 15.2. The Hall–Kier alpha value is -6.98. The van der Waals surface area contributed by atoms with Crippen LogP contribution in [0.25, 0.3) is 10.8 Å². The zero-order valence-corrected chi connectivity index (χ0v) is 56.1. The zero-order chi connectivity index (χ0) is 62.5. The van der Waals surface area contributed by atoms with Crippen LogP contribution >= 0.6 is 0 Å². The third-order valence-corrected chi connectivity index (χ3v) is 22.4. The van der Waals surface area contributed by atoms with Crippen LogP contribution in [0.15, 0.2) is 158 Å². The second-order valence-corrected chi connectivity index (χ2v) is 27.2. The molecule has 2 aliphatic carbocycles. The normalized spacial score (nSPS) is 16.0. The van der Waals surface area contributed by atoms with E-state index in [9.17, 15) is 0 Å². The Labute approximate surface area is 530 Å². The van der Waals surface area contributed by atoms with Gasteiger partial charge in [0.15, 0.2) is 0 Å². The number of hydrogen-bond donors (Lipinski definition) is 0. The van der Waals surface area contributed by atoms with Crippen LogP contribution < -0.4 is 23.7 Å². The Kier molecular flexibility index (Phi) is 19.4. The van der Waals surface area contributed by atoms with E-state index in [0.29, 0.717) is 0 Å². The van der Waals surface area contributed by atoms with E-state index in [2.05, 4.69) is 230 Å². The second-order valence-electron chi connectivity index (χ2n) is 27.2. The fourth-order valence-electron chi connectivity index (χ4n) is 15.2. The quantitative estimate of drug-likeness (QED) is 0.0603. The van der Waals surface area contributed by atoms with Gasteiger partial charge >= 0.3 is 0 Å². The Balaban J connectivity index is 0.836. The van der Waals surface area contributed by atoms with Crippen molar-refractivity contribution >= 4 is 10.8 Å². The SMILES string of the molecule is CCC(C)(CC)Oc1ccc(C2(c3ccc(Oc4ccc5cc(C(C)(CC)C(CC)(CC)Oc6ccc(C7(c8ccc(Oc9ccc(Oc%10ccc(C(C)(CC)CC)cc%10)cc9)c(C)c8)CCCCC7)cc6C)ccc5c4)c(C)c3)CCCCC2)cc1C. The topological polar surface area (TPSA) is 46.2 Å². The van der Waals surface area contributed by atoms with Crippen LogP contribution in [-0.4, -0.2) is 11.2 Å². The lowest BCUT2D eigenvalue weighted by Gasteiger charge is -2.48. The molecule has 0 aliphatic heterocycles. The molecule has 2 saturated carbocycles. The molecule has 1 atom stereocenters. The fraction of sp³-hybridized carbons (Fsp3) is 0.446. The summed E-state index contributed by atoms with van der Waals surface area (Å²) < 4.78 is 33.8. The molecule has 0 radical (unpaired) electrons. The first-order chi connectivity index (χ1) is 42.3. The molecule has 5 heteroatoms. The van der Waals surface area contributed by atoms with Gasteiger partial charge in [-0.2, -0.15) is 0 Å². The predicted molar refractivity (Wildman–Crippen MR) is 369 cm³/mol. The van der Waals surface area contributed by atoms with Crippen LogP contribution in [0.2, 0.25) is 0 Å². The average Bonchev–Trinajstić information content (AvgIpc) is 0.925. The molecule has 0 saturated heterocycles. The van der Waals surface area contributed by atoms with Gasteiger partial charge in [-0.3, -0.25) is 0 Å². The summed E-state index contributed by atoms with van der Waals surface area (Å²) in [5.74, 6) is 7.00. The van der Waals surface area contributed by atoms with Crippen molar-refractivity contribution < 1.29 is 23.7 Å². The second kappa shape index (κ2) is 26.6. The van der Waals surface area contributed by atoms with E-state index in [4.69, 9.17) is 23.7 Å². The third-order valence-electron chi connectivity index (χ3n) is 22.4. The van der Waals surface area contributed by atoms with Crippen molar-refractivity contribution in [1.29, 1.82) is 0 Å². The number of hydrogen-bond acceptors (Lipinski definition) is 5. The first-order valence-electron chi connectivity index (χ1n) is 34.0. The van der Waals surface area contributed by atoms with Gasteiger partial charge in [0.05, 0.1) is 0 Å². The summed E-state index contributed by atoms with van der Waals surface area (Å²) in [5.41, 5.74) is 12.0. The summed E-state index contributed by atoms with van der Waals surface area (Å²) in [7, 11) is 0. The van der Waals surface area contributed by atoms with E-state index in [0.717, 1.165) is 133 Å². The van der Waals surface area contributed by atoms with Crippen LogP contribution in [0.5, 0.6) is 46.0 Å². The van der Waals surface area contributed by atoms with Crippen molar-refractivity contribution in [1.82, 2.24) is 0 Å². The highest BCUT2D eigenvalue weighted by Crippen LogP contribution is 2.51. The molecule has 2 fully saturated rings. The van der Waals surface area contributed by atoms with Crippen LogP contribution in [0.1, 0.15) is 234 Å². The summed E-state index contributed by atoms with van der Waals surface area (Å²) >= 11 is 0. The van der Waals surface area contributed by atoms with Crippen molar-refractivity contribution in [3.05, 3.63) is 213 Å². The maximum Gasteiger partial charge on any atom is 0.130 e. The summed E-state index contributed by atoms with van der Waals surface area (Å²) in [5, 5.41) is 2.37. The molecule has 0 spiro atoms. The minimum absolute atomic E-state index is 0.0314. The molecule has 0 aromatic heterocycles. The van der Waals surface area contributed by atoms with E-state index < -0.39 is 5.60 Å². The van der Waals surface area contributed by atoms with Crippen molar-refractivity contribution in [2.24, 2.45) is 0 Å². The van der Waals surface area contributed by atoms with Gasteiger partial charge in [-0.15, -0.1) is 0 Å². The highest BCUT2D eigenvalue weighted by Gasteiger charge is 2.49. The van der Waals surface area contributed by atoms with Crippen LogP contribution in [0.3, 0.4) is 0 Å².